The monoisotopic (exact) mass is 307 g/mol. The lowest BCUT2D eigenvalue weighted by molar-refractivity contribution is 0.157. The number of nitrogens with zero attached hydrogens (tertiary/aromatic N) is 2. The summed E-state index contributed by atoms with van der Waals surface area (Å²) in [7, 11) is 0. The summed E-state index contributed by atoms with van der Waals surface area (Å²) in [6, 6.07) is 2.91. The van der Waals surface area contributed by atoms with Gasteiger partial charge in [0.25, 0.3) is 0 Å². The highest BCUT2D eigenvalue weighted by atomic mass is 32.1. The van der Waals surface area contributed by atoms with Gasteiger partial charge in [-0.2, -0.15) is 0 Å². The molecule has 116 valence electrons. The summed E-state index contributed by atoms with van der Waals surface area (Å²) in [5, 5.41) is 5.22. The van der Waals surface area contributed by atoms with E-state index >= 15 is 0 Å². The molecule has 1 fully saturated rings. The van der Waals surface area contributed by atoms with Gasteiger partial charge in [0, 0.05) is 37.1 Å². The summed E-state index contributed by atoms with van der Waals surface area (Å²) in [6.45, 7) is 6.83. The number of likely N-dealkylation sites (tertiary alicyclic amines) is 1. The van der Waals surface area contributed by atoms with Gasteiger partial charge in [0.15, 0.2) is 0 Å². The molecule has 5 heteroatoms. The van der Waals surface area contributed by atoms with Crippen molar-refractivity contribution in [3.63, 3.8) is 0 Å². The molecule has 21 heavy (non-hydrogen) atoms. The lowest BCUT2D eigenvalue weighted by atomic mass is 10.0. The van der Waals surface area contributed by atoms with Crippen LogP contribution >= 0.6 is 11.3 Å². The summed E-state index contributed by atoms with van der Waals surface area (Å²) >= 11 is 1.81. The SMILES string of the molecule is CC1CCCCN1CCNC(=O)N1CCc2sccc2C1. The highest BCUT2D eigenvalue weighted by Gasteiger charge is 2.22. The number of fused-ring (bicyclic) bond motifs is 1. The highest BCUT2D eigenvalue weighted by Crippen LogP contribution is 2.23. The molecule has 2 aliphatic heterocycles. The van der Waals surface area contributed by atoms with Gasteiger partial charge >= 0.3 is 6.03 Å². The first-order chi connectivity index (χ1) is 10.2. The van der Waals surface area contributed by atoms with Gasteiger partial charge < -0.3 is 10.2 Å². The zero-order valence-electron chi connectivity index (χ0n) is 12.8. The normalized spacial score (nSPS) is 22.9. The first kappa shape index (κ1) is 14.9. The van der Waals surface area contributed by atoms with Gasteiger partial charge in [-0.05, 0) is 49.7 Å². The lowest BCUT2D eigenvalue weighted by Gasteiger charge is -2.33. The van der Waals surface area contributed by atoms with Crippen molar-refractivity contribution >= 4 is 17.4 Å². The molecule has 0 aliphatic carbocycles. The molecule has 0 spiro atoms. The Kier molecular flexibility index (Phi) is 4.80. The molecule has 4 nitrogen and oxygen atoms in total. The minimum atomic E-state index is 0.0940. The maximum atomic E-state index is 12.3. The second-order valence-electron chi connectivity index (χ2n) is 6.15. The molecule has 1 aromatic rings. The topological polar surface area (TPSA) is 35.6 Å². The lowest BCUT2D eigenvalue weighted by Crippen LogP contribution is -2.46. The summed E-state index contributed by atoms with van der Waals surface area (Å²) in [5.74, 6) is 0. The number of nitrogens with one attached hydrogen (secondary N) is 1. The van der Waals surface area contributed by atoms with Gasteiger partial charge in [-0.15, -0.1) is 11.3 Å². The van der Waals surface area contributed by atoms with E-state index in [1.54, 1.807) is 0 Å². The van der Waals surface area contributed by atoms with Crippen molar-refractivity contribution < 1.29 is 4.79 Å². The van der Waals surface area contributed by atoms with E-state index in [1.165, 1.54) is 36.2 Å². The molecule has 1 unspecified atom stereocenters. The Balaban J connectivity index is 1.42. The van der Waals surface area contributed by atoms with Crippen molar-refractivity contribution in [2.45, 2.75) is 45.2 Å². The molecule has 2 amide bonds. The third kappa shape index (κ3) is 3.58. The molecule has 1 saturated heterocycles. The molecule has 1 atom stereocenters. The Hall–Kier alpha value is -1.07. The van der Waals surface area contributed by atoms with Crippen molar-refractivity contribution in [2.75, 3.05) is 26.2 Å². The first-order valence-electron chi connectivity index (χ1n) is 8.06. The Morgan fingerprint density at radius 1 is 1.43 bits per heavy atom. The molecular formula is C16H25N3OS. The molecular weight excluding hydrogens is 282 g/mol. The third-order valence-electron chi connectivity index (χ3n) is 4.71. The van der Waals surface area contributed by atoms with Crippen molar-refractivity contribution in [3.05, 3.63) is 21.9 Å². The van der Waals surface area contributed by atoms with Crippen LogP contribution in [0.15, 0.2) is 11.4 Å². The van der Waals surface area contributed by atoms with E-state index in [0.717, 1.165) is 32.6 Å². The molecule has 0 saturated carbocycles. The number of urea groups is 1. The minimum Gasteiger partial charge on any atom is -0.337 e. The van der Waals surface area contributed by atoms with Crippen LogP contribution in [0.3, 0.4) is 0 Å². The van der Waals surface area contributed by atoms with Crippen molar-refractivity contribution in [2.24, 2.45) is 0 Å². The summed E-state index contributed by atoms with van der Waals surface area (Å²) < 4.78 is 0. The second-order valence-corrected chi connectivity index (χ2v) is 7.15. The zero-order valence-corrected chi connectivity index (χ0v) is 13.6. The van der Waals surface area contributed by atoms with Crippen LogP contribution in [-0.2, 0) is 13.0 Å². The maximum absolute atomic E-state index is 12.3. The number of piperidine rings is 1. The van der Waals surface area contributed by atoms with E-state index in [9.17, 15) is 4.79 Å². The molecule has 0 radical (unpaired) electrons. The number of hydrogen-bond donors (Lipinski definition) is 1. The first-order valence-corrected chi connectivity index (χ1v) is 8.94. The molecule has 1 N–H and O–H groups in total. The van der Waals surface area contributed by atoms with Crippen LogP contribution in [0.2, 0.25) is 0 Å². The van der Waals surface area contributed by atoms with Crippen LogP contribution in [-0.4, -0.2) is 48.1 Å². The number of carbonyl (C=O) groups is 1. The van der Waals surface area contributed by atoms with E-state index in [0.29, 0.717) is 6.04 Å². The fraction of sp³-hybridized carbons (Fsp3) is 0.688. The fourth-order valence-corrected chi connectivity index (χ4v) is 4.22. The highest BCUT2D eigenvalue weighted by molar-refractivity contribution is 7.10. The van der Waals surface area contributed by atoms with Crippen LogP contribution in [0.5, 0.6) is 0 Å². The van der Waals surface area contributed by atoms with Crippen LogP contribution in [0.4, 0.5) is 4.79 Å². The minimum absolute atomic E-state index is 0.0940. The molecule has 0 aromatic carbocycles. The predicted octanol–water partition coefficient (Wildman–Crippen LogP) is 2.69. The van der Waals surface area contributed by atoms with Gasteiger partial charge in [0.05, 0.1) is 0 Å². The predicted molar refractivity (Wildman–Crippen MR) is 86.7 cm³/mol. The van der Waals surface area contributed by atoms with Crippen LogP contribution in [0, 0.1) is 0 Å². The Labute approximate surface area is 131 Å². The van der Waals surface area contributed by atoms with Crippen molar-refractivity contribution in [1.82, 2.24) is 15.1 Å². The third-order valence-corrected chi connectivity index (χ3v) is 5.73. The quantitative estimate of drug-likeness (QED) is 0.932. The van der Waals surface area contributed by atoms with Gasteiger partial charge in [0.1, 0.15) is 0 Å². The Bertz CT molecular complexity index is 488. The standard InChI is InChI=1S/C16H25N3OS/c1-13-4-2-3-8-18(13)10-7-17-16(20)19-9-5-15-14(12-19)6-11-21-15/h6,11,13H,2-5,7-10,12H2,1H3,(H,17,20). The largest absolute Gasteiger partial charge is 0.337 e. The Morgan fingerprint density at radius 2 is 2.33 bits per heavy atom. The van der Waals surface area contributed by atoms with Crippen molar-refractivity contribution in [1.29, 1.82) is 0 Å². The van der Waals surface area contributed by atoms with E-state index in [1.807, 2.05) is 16.2 Å². The van der Waals surface area contributed by atoms with E-state index in [-0.39, 0.29) is 6.03 Å². The van der Waals surface area contributed by atoms with Gasteiger partial charge in [-0.25, -0.2) is 4.79 Å². The number of amides is 2. The van der Waals surface area contributed by atoms with Crippen molar-refractivity contribution in [3.8, 4) is 0 Å². The number of carbonyl (C=O) groups excluding carboxylic acids is 1. The smallest absolute Gasteiger partial charge is 0.317 e. The molecule has 0 bridgehead atoms. The van der Waals surface area contributed by atoms with E-state index in [4.69, 9.17) is 0 Å². The Morgan fingerprint density at radius 3 is 3.19 bits per heavy atom. The summed E-state index contributed by atoms with van der Waals surface area (Å²) in [6.07, 6.45) is 4.94. The van der Waals surface area contributed by atoms with Crippen LogP contribution in [0.25, 0.3) is 0 Å². The number of hydrogen-bond acceptors (Lipinski definition) is 3. The zero-order chi connectivity index (χ0) is 14.7. The van der Waals surface area contributed by atoms with Gasteiger partial charge in [0.2, 0.25) is 0 Å². The molecule has 2 aliphatic rings. The average molecular weight is 307 g/mol. The molecule has 1 aromatic heterocycles. The van der Waals surface area contributed by atoms with Crippen LogP contribution in [0.1, 0.15) is 36.6 Å². The summed E-state index contributed by atoms with van der Waals surface area (Å²) in [5.41, 5.74) is 1.33. The second kappa shape index (κ2) is 6.79. The molecule has 3 rings (SSSR count). The van der Waals surface area contributed by atoms with E-state index in [2.05, 4.69) is 28.6 Å². The van der Waals surface area contributed by atoms with Gasteiger partial charge in [-0.1, -0.05) is 6.42 Å². The van der Waals surface area contributed by atoms with Crippen LogP contribution < -0.4 is 5.32 Å². The van der Waals surface area contributed by atoms with Gasteiger partial charge in [-0.3, -0.25) is 4.90 Å². The average Bonchev–Trinajstić information content (AvgIpc) is 2.96. The molecule has 3 heterocycles. The fourth-order valence-electron chi connectivity index (χ4n) is 3.33. The summed E-state index contributed by atoms with van der Waals surface area (Å²) in [4.78, 5) is 18.1. The number of rotatable bonds is 3. The maximum Gasteiger partial charge on any atom is 0.317 e. The number of thiophene rings is 1. The van der Waals surface area contributed by atoms with E-state index < -0.39 is 0 Å².